The number of likely N-dealkylation sites (tertiary alicyclic amines) is 1. The van der Waals surface area contributed by atoms with Gasteiger partial charge < -0.3 is 9.80 Å². The Morgan fingerprint density at radius 1 is 1.20 bits per heavy atom. The van der Waals surface area contributed by atoms with Gasteiger partial charge in [-0.15, -0.1) is 0 Å². The van der Waals surface area contributed by atoms with E-state index in [0.717, 1.165) is 24.9 Å². The maximum atomic E-state index is 13.1. The number of carbonyl (C=O) groups is 2. The Morgan fingerprint density at radius 3 is 2.80 bits per heavy atom. The molecule has 4 heterocycles. The number of rotatable bonds is 2. The molecule has 7 heteroatoms. The van der Waals surface area contributed by atoms with Crippen molar-refractivity contribution in [1.82, 2.24) is 19.7 Å². The van der Waals surface area contributed by atoms with Crippen LogP contribution in [-0.2, 0) is 11.8 Å². The van der Waals surface area contributed by atoms with Crippen LogP contribution in [0, 0.1) is 5.41 Å². The second-order valence-electron chi connectivity index (χ2n) is 6.87. The number of piperidine rings is 1. The molecule has 0 bridgehead atoms. The van der Waals surface area contributed by atoms with Gasteiger partial charge in [-0.2, -0.15) is 5.10 Å². The summed E-state index contributed by atoms with van der Waals surface area (Å²) in [4.78, 5) is 33.7. The molecular weight excluding hydrogens is 318 g/mol. The number of hydrogen-bond donors (Lipinski definition) is 0. The molecule has 2 aromatic rings. The minimum absolute atomic E-state index is 0.0493. The molecule has 2 aliphatic rings. The third kappa shape index (κ3) is 2.59. The molecule has 1 atom stereocenters. The number of amides is 2. The number of pyridine rings is 1. The van der Waals surface area contributed by atoms with Gasteiger partial charge in [0.05, 0.1) is 17.3 Å². The molecule has 0 saturated carbocycles. The van der Waals surface area contributed by atoms with E-state index in [1.54, 1.807) is 36.4 Å². The largest absolute Gasteiger partial charge is 0.336 e. The smallest absolute Gasteiger partial charge is 0.272 e. The highest BCUT2D eigenvalue weighted by molar-refractivity contribution is 6.01. The van der Waals surface area contributed by atoms with Crippen LogP contribution in [0.3, 0.4) is 0 Å². The molecule has 2 saturated heterocycles. The van der Waals surface area contributed by atoms with Gasteiger partial charge in [-0.05, 0) is 37.5 Å². The molecule has 2 aromatic heterocycles. The van der Waals surface area contributed by atoms with Crippen LogP contribution < -0.4 is 4.90 Å². The molecule has 1 unspecified atom stereocenters. The van der Waals surface area contributed by atoms with E-state index in [9.17, 15) is 9.59 Å². The predicted molar refractivity (Wildman–Crippen MR) is 92.0 cm³/mol. The average molecular weight is 339 g/mol. The topological polar surface area (TPSA) is 71.3 Å². The number of carbonyl (C=O) groups excluding carboxylic acids is 2. The van der Waals surface area contributed by atoms with Gasteiger partial charge in [0.2, 0.25) is 5.91 Å². The summed E-state index contributed by atoms with van der Waals surface area (Å²) in [6.07, 6.45) is 7.49. The van der Waals surface area contributed by atoms with Gasteiger partial charge in [-0.3, -0.25) is 19.3 Å². The van der Waals surface area contributed by atoms with Crippen LogP contribution in [0.25, 0.3) is 0 Å². The molecule has 4 rings (SSSR count). The molecule has 130 valence electrons. The summed E-state index contributed by atoms with van der Waals surface area (Å²) < 4.78 is 1.59. The maximum absolute atomic E-state index is 13.1. The zero-order valence-electron chi connectivity index (χ0n) is 14.3. The fraction of sp³-hybridized carbons (Fsp3) is 0.444. The van der Waals surface area contributed by atoms with Crippen molar-refractivity contribution in [2.75, 3.05) is 24.5 Å². The summed E-state index contributed by atoms with van der Waals surface area (Å²) in [5, 5.41) is 4.08. The number of nitrogens with zero attached hydrogens (tertiary/aromatic N) is 5. The summed E-state index contributed by atoms with van der Waals surface area (Å²) in [5.74, 6) is 0.0645. The average Bonchev–Trinajstić information content (AvgIpc) is 3.20. The van der Waals surface area contributed by atoms with Crippen molar-refractivity contribution in [3.05, 3.63) is 42.5 Å². The Bertz CT molecular complexity index is 803. The zero-order valence-corrected chi connectivity index (χ0v) is 14.3. The highest BCUT2D eigenvalue weighted by Crippen LogP contribution is 2.41. The highest BCUT2D eigenvalue weighted by atomic mass is 16.2. The van der Waals surface area contributed by atoms with Gasteiger partial charge in [0, 0.05) is 39.1 Å². The fourth-order valence-electron chi connectivity index (χ4n) is 4.01. The maximum Gasteiger partial charge on any atom is 0.272 e. The monoisotopic (exact) mass is 339 g/mol. The quantitative estimate of drug-likeness (QED) is 0.831. The Labute approximate surface area is 146 Å². The lowest BCUT2D eigenvalue weighted by molar-refractivity contribution is -0.127. The Hall–Kier alpha value is -2.70. The van der Waals surface area contributed by atoms with Gasteiger partial charge in [-0.1, -0.05) is 0 Å². The first-order valence-electron chi connectivity index (χ1n) is 8.60. The van der Waals surface area contributed by atoms with E-state index in [4.69, 9.17) is 0 Å². The molecule has 25 heavy (non-hydrogen) atoms. The van der Waals surface area contributed by atoms with Gasteiger partial charge in [-0.25, -0.2) is 0 Å². The van der Waals surface area contributed by atoms with Crippen LogP contribution in [0.4, 0.5) is 5.69 Å². The fourth-order valence-corrected chi connectivity index (χ4v) is 4.01. The van der Waals surface area contributed by atoms with Crippen LogP contribution in [-0.4, -0.2) is 51.1 Å². The number of anilines is 1. The van der Waals surface area contributed by atoms with Crippen LogP contribution in [0.1, 0.15) is 29.8 Å². The first-order chi connectivity index (χ1) is 12.1. The highest BCUT2D eigenvalue weighted by Gasteiger charge is 2.50. The third-order valence-corrected chi connectivity index (χ3v) is 5.37. The van der Waals surface area contributed by atoms with E-state index < -0.39 is 5.41 Å². The predicted octanol–water partition coefficient (Wildman–Crippen LogP) is 1.47. The molecule has 7 nitrogen and oxygen atoms in total. The lowest BCUT2D eigenvalue weighted by Crippen LogP contribution is -2.50. The van der Waals surface area contributed by atoms with Crippen LogP contribution in [0.15, 0.2) is 36.8 Å². The Kier molecular flexibility index (Phi) is 3.78. The van der Waals surface area contributed by atoms with Crippen molar-refractivity contribution in [3.63, 3.8) is 0 Å². The number of aromatic nitrogens is 3. The second-order valence-corrected chi connectivity index (χ2v) is 6.87. The van der Waals surface area contributed by atoms with Crippen molar-refractivity contribution in [2.45, 2.75) is 19.3 Å². The minimum atomic E-state index is -0.470. The summed E-state index contributed by atoms with van der Waals surface area (Å²) in [6.45, 7) is 1.84. The van der Waals surface area contributed by atoms with E-state index in [0.29, 0.717) is 25.3 Å². The lowest BCUT2D eigenvalue weighted by atomic mass is 9.78. The molecule has 0 aromatic carbocycles. The van der Waals surface area contributed by atoms with Gasteiger partial charge in [0.25, 0.3) is 5.91 Å². The van der Waals surface area contributed by atoms with Gasteiger partial charge in [0.15, 0.2) is 0 Å². The first-order valence-corrected chi connectivity index (χ1v) is 8.60. The van der Waals surface area contributed by atoms with Crippen LogP contribution in [0.2, 0.25) is 0 Å². The van der Waals surface area contributed by atoms with Crippen LogP contribution in [0.5, 0.6) is 0 Å². The molecule has 0 radical (unpaired) electrons. The number of aryl methyl sites for hydroxylation is 1. The van der Waals surface area contributed by atoms with E-state index in [2.05, 4.69) is 10.1 Å². The number of hydrogen-bond acceptors (Lipinski definition) is 4. The van der Waals surface area contributed by atoms with Crippen molar-refractivity contribution in [3.8, 4) is 0 Å². The Morgan fingerprint density at radius 2 is 2.08 bits per heavy atom. The van der Waals surface area contributed by atoms with Crippen molar-refractivity contribution in [2.24, 2.45) is 12.5 Å². The standard InChI is InChI=1S/C18H21N5O2/c1-21-15(5-9-20-21)16(24)22-10-3-6-18(13-22)7-11-23(17(18)25)14-4-2-8-19-12-14/h2,4-5,8-9,12H,3,6-7,10-11,13H2,1H3. The Balaban J connectivity index is 1.56. The molecule has 2 amide bonds. The van der Waals surface area contributed by atoms with E-state index in [-0.39, 0.29) is 11.8 Å². The van der Waals surface area contributed by atoms with Gasteiger partial charge in [0.1, 0.15) is 5.69 Å². The molecule has 1 spiro atoms. The molecular formula is C18H21N5O2. The second kappa shape index (κ2) is 5.98. The molecule has 0 aliphatic carbocycles. The molecule has 2 aliphatic heterocycles. The zero-order chi connectivity index (χ0) is 17.4. The third-order valence-electron chi connectivity index (χ3n) is 5.37. The van der Waals surface area contributed by atoms with E-state index in [1.165, 1.54) is 0 Å². The van der Waals surface area contributed by atoms with Crippen molar-refractivity contribution >= 4 is 17.5 Å². The van der Waals surface area contributed by atoms with Crippen LogP contribution >= 0.6 is 0 Å². The SMILES string of the molecule is Cn1nccc1C(=O)N1CCCC2(CCN(c3cccnc3)C2=O)C1. The summed E-state index contributed by atoms with van der Waals surface area (Å²) in [5.41, 5.74) is 0.925. The van der Waals surface area contributed by atoms with E-state index in [1.807, 2.05) is 21.9 Å². The van der Waals surface area contributed by atoms with Crippen molar-refractivity contribution in [1.29, 1.82) is 0 Å². The van der Waals surface area contributed by atoms with E-state index >= 15 is 0 Å². The first kappa shape index (κ1) is 15.8. The summed E-state index contributed by atoms with van der Waals surface area (Å²) in [7, 11) is 1.76. The normalized spacial score (nSPS) is 23.5. The van der Waals surface area contributed by atoms with Crippen molar-refractivity contribution < 1.29 is 9.59 Å². The summed E-state index contributed by atoms with van der Waals surface area (Å²) in [6, 6.07) is 5.47. The lowest BCUT2D eigenvalue weighted by Gasteiger charge is -2.39. The minimum Gasteiger partial charge on any atom is -0.336 e. The molecule has 0 N–H and O–H groups in total. The summed E-state index contributed by atoms with van der Waals surface area (Å²) >= 11 is 0. The van der Waals surface area contributed by atoms with Gasteiger partial charge >= 0.3 is 0 Å². The molecule has 2 fully saturated rings.